The van der Waals surface area contributed by atoms with E-state index in [2.05, 4.69) is 0 Å². The van der Waals surface area contributed by atoms with E-state index >= 15 is 0 Å². The Morgan fingerprint density at radius 2 is 1.95 bits per heavy atom. The Balaban J connectivity index is 2.05. The lowest BCUT2D eigenvalue weighted by molar-refractivity contribution is -0.162. The summed E-state index contributed by atoms with van der Waals surface area (Å²) in [6.07, 6.45) is -0.162. The highest BCUT2D eigenvalue weighted by Crippen LogP contribution is 2.46. The van der Waals surface area contributed by atoms with Crippen LogP contribution in [0.4, 0.5) is 4.79 Å². The normalized spacial score (nSPS) is 30.8. The third-order valence-electron chi connectivity index (χ3n) is 4.32. The van der Waals surface area contributed by atoms with Crippen molar-refractivity contribution in [3.05, 3.63) is 0 Å². The Morgan fingerprint density at radius 3 is 2.33 bits per heavy atom. The first-order valence-electron chi connectivity index (χ1n) is 7.03. The first kappa shape index (κ1) is 16.5. The molecular formula is C13H24N2O5S. The molecule has 21 heavy (non-hydrogen) atoms. The number of β-amino-alcohol motifs (C(OH)–C–C–N with tert-alkyl or cyclic N) is 1. The summed E-state index contributed by atoms with van der Waals surface area (Å²) in [5.41, 5.74) is 3.04. The van der Waals surface area contributed by atoms with E-state index in [0.717, 1.165) is 0 Å². The second-order valence-corrected chi connectivity index (χ2v) is 9.38. The number of likely N-dealkylation sites (tertiary alicyclic amines) is 1. The van der Waals surface area contributed by atoms with Gasteiger partial charge in [0.15, 0.2) is 9.84 Å². The molecule has 2 aliphatic rings. The first-order valence-corrected chi connectivity index (χ1v) is 8.85. The highest BCUT2D eigenvalue weighted by molar-refractivity contribution is 7.91. The minimum atomic E-state index is -3.17. The largest absolute Gasteiger partial charge is 0.444 e. The van der Waals surface area contributed by atoms with Crippen molar-refractivity contribution in [2.75, 3.05) is 31.1 Å². The number of ether oxygens (including phenoxy) is 1. The highest BCUT2D eigenvalue weighted by atomic mass is 32.2. The Labute approximate surface area is 125 Å². The number of hydrogen-bond donors (Lipinski definition) is 2. The predicted octanol–water partition coefficient (Wildman–Crippen LogP) is -0.268. The van der Waals surface area contributed by atoms with Gasteiger partial charge in [-0.25, -0.2) is 13.2 Å². The van der Waals surface area contributed by atoms with Crippen LogP contribution in [0.2, 0.25) is 0 Å². The van der Waals surface area contributed by atoms with Crippen molar-refractivity contribution in [2.24, 2.45) is 11.1 Å². The lowest BCUT2D eigenvalue weighted by Gasteiger charge is -2.54. The van der Waals surface area contributed by atoms with Crippen molar-refractivity contribution < 1.29 is 23.1 Å². The molecule has 2 fully saturated rings. The fourth-order valence-corrected chi connectivity index (χ4v) is 5.23. The number of aliphatic hydroxyl groups is 1. The van der Waals surface area contributed by atoms with Crippen LogP contribution in [-0.2, 0) is 14.6 Å². The predicted molar refractivity (Wildman–Crippen MR) is 77.5 cm³/mol. The molecule has 0 aromatic carbocycles. The molecule has 0 saturated carbocycles. The third kappa shape index (κ3) is 3.02. The summed E-state index contributed by atoms with van der Waals surface area (Å²) in [5, 5.41) is 10.7. The molecule has 2 heterocycles. The number of sulfone groups is 1. The van der Waals surface area contributed by atoms with Gasteiger partial charge in [-0.2, -0.15) is 0 Å². The maximum Gasteiger partial charge on any atom is 0.410 e. The standard InChI is InChI=1S/C13H24N2O5S/c1-11(2,3)20-10(16)15-7-13(17,8-15)12(6-14)4-5-21(18,19)9-12/h17H,4-9,14H2,1-3H3. The van der Waals surface area contributed by atoms with Crippen LogP contribution in [0.25, 0.3) is 0 Å². The van der Waals surface area contributed by atoms with E-state index in [9.17, 15) is 18.3 Å². The topological polar surface area (TPSA) is 110 Å². The Kier molecular flexibility index (Phi) is 3.79. The lowest BCUT2D eigenvalue weighted by Crippen LogP contribution is -2.73. The monoisotopic (exact) mass is 320 g/mol. The van der Waals surface area contributed by atoms with Crippen molar-refractivity contribution in [3.8, 4) is 0 Å². The molecule has 0 aromatic heterocycles. The molecule has 0 aromatic rings. The molecule has 2 saturated heterocycles. The summed E-state index contributed by atoms with van der Waals surface area (Å²) in [5.74, 6) is -0.0753. The fourth-order valence-electron chi connectivity index (χ4n) is 3.01. The highest BCUT2D eigenvalue weighted by Gasteiger charge is 2.61. The number of rotatable bonds is 2. The zero-order chi connectivity index (χ0) is 16.1. The van der Waals surface area contributed by atoms with Crippen molar-refractivity contribution in [1.82, 2.24) is 4.90 Å². The average molecular weight is 320 g/mol. The van der Waals surface area contributed by atoms with Gasteiger partial charge in [0.1, 0.15) is 11.2 Å². The van der Waals surface area contributed by atoms with Gasteiger partial charge < -0.3 is 20.5 Å². The first-order chi connectivity index (χ1) is 9.42. The van der Waals surface area contributed by atoms with Crippen LogP contribution in [0.3, 0.4) is 0 Å². The SMILES string of the molecule is CC(C)(C)OC(=O)N1CC(O)(C2(CN)CCS(=O)(=O)C2)C1. The van der Waals surface area contributed by atoms with Crippen molar-refractivity contribution in [2.45, 2.75) is 38.4 Å². The summed E-state index contributed by atoms with van der Waals surface area (Å²) >= 11 is 0. The zero-order valence-electron chi connectivity index (χ0n) is 12.8. The maximum absolute atomic E-state index is 11.9. The summed E-state index contributed by atoms with van der Waals surface area (Å²) in [6, 6.07) is 0. The van der Waals surface area contributed by atoms with Gasteiger partial charge in [0.05, 0.1) is 24.6 Å². The Morgan fingerprint density at radius 1 is 1.38 bits per heavy atom. The average Bonchev–Trinajstić information content (AvgIpc) is 2.60. The fraction of sp³-hybridized carbons (Fsp3) is 0.923. The Bertz CT molecular complexity index is 533. The van der Waals surface area contributed by atoms with Crippen LogP contribution in [0, 0.1) is 5.41 Å². The molecule has 1 amide bonds. The molecule has 0 spiro atoms. The molecule has 3 N–H and O–H groups in total. The van der Waals surface area contributed by atoms with Crippen molar-refractivity contribution in [3.63, 3.8) is 0 Å². The molecule has 0 aliphatic carbocycles. The van der Waals surface area contributed by atoms with Crippen LogP contribution < -0.4 is 5.73 Å². The molecule has 122 valence electrons. The second-order valence-electron chi connectivity index (χ2n) is 7.19. The molecule has 2 rings (SSSR count). The zero-order valence-corrected chi connectivity index (χ0v) is 13.6. The molecular weight excluding hydrogens is 296 g/mol. The maximum atomic E-state index is 11.9. The van der Waals surface area contributed by atoms with Crippen molar-refractivity contribution in [1.29, 1.82) is 0 Å². The second kappa shape index (κ2) is 4.82. The van der Waals surface area contributed by atoms with Crippen LogP contribution in [0.15, 0.2) is 0 Å². The lowest BCUT2D eigenvalue weighted by atomic mass is 9.67. The molecule has 2 aliphatic heterocycles. The van der Waals surface area contributed by atoms with E-state index in [-0.39, 0.29) is 31.1 Å². The quantitative estimate of drug-likeness (QED) is 0.725. The molecule has 1 unspecified atom stereocenters. The van der Waals surface area contributed by atoms with E-state index in [0.29, 0.717) is 6.42 Å². The summed E-state index contributed by atoms with van der Waals surface area (Å²) < 4.78 is 28.7. The number of hydrogen-bond acceptors (Lipinski definition) is 6. The molecule has 7 nitrogen and oxygen atoms in total. The van der Waals surface area contributed by atoms with Crippen molar-refractivity contribution >= 4 is 15.9 Å². The van der Waals surface area contributed by atoms with Gasteiger partial charge >= 0.3 is 6.09 Å². The van der Waals surface area contributed by atoms with E-state index in [1.165, 1.54) is 4.90 Å². The van der Waals surface area contributed by atoms with E-state index < -0.39 is 32.5 Å². The number of carbonyl (C=O) groups excluding carboxylic acids is 1. The number of carbonyl (C=O) groups is 1. The third-order valence-corrected chi connectivity index (χ3v) is 6.14. The van der Waals surface area contributed by atoms with Gasteiger partial charge in [-0.3, -0.25) is 0 Å². The van der Waals surface area contributed by atoms with Gasteiger partial charge in [-0.15, -0.1) is 0 Å². The minimum absolute atomic E-state index is 0.0406. The van der Waals surface area contributed by atoms with Gasteiger partial charge in [0.25, 0.3) is 0 Å². The molecule has 0 radical (unpaired) electrons. The summed E-state index contributed by atoms with van der Waals surface area (Å²) in [4.78, 5) is 13.3. The van der Waals surface area contributed by atoms with Crippen LogP contribution in [-0.4, -0.2) is 66.9 Å². The van der Waals surface area contributed by atoms with Crippen LogP contribution in [0.1, 0.15) is 27.2 Å². The summed E-state index contributed by atoms with van der Waals surface area (Å²) in [7, 11) is -3.17. The number of nitrogens with zero attached hydrogens (tertiary/aromatic N) is 1. The molecule has 8 heteroatoms. The van der Waals surface area contributed by atoms with Gasteiger partial charge in [0.2, 0.25) is 0 Å². The molecule has 1 atom stereocenters. The minimum Gasteiger partial charge on any atom is -0.444 e. The van der Waals surface area contributed by atoms with Gasteiger partial charge in [-0.1, -0.05) is 0 Å². The smallest absolute Gasteiger partial charge is 0.410 e. The van der Waals surface area contributed by atoms with Gasteiger partial charge in [0, 0.05) is 12.0 Å². The van der Waals surface area contributed by atoms with E-state index in [4.69, 9.17) is 10.5 Å². The van der Waals surface area contributed by atoms with E-state index in [1.807, 2.05) is 0 Å². The Hall–Kier alpha value is -0.860. The van der Waals surface area contributed by atoms with Crippen LogP contribution >= 0.6 is 0 Å². The number of nitrogens with two attached hydrogens (primary N) is 1. The van der Waals surface area contributed by atoms with E-state index in [1.54, 1.807) is 20.8 Å². The van der Waals surface area contributed by atoms with Crippen LogP contribution in [0.5, 0.6) is 0 Å². The molecule has 0 bridgehead atoms. The number of amides is 1. The van der Waals surface area contributed by atoms with Gasteiger partial charge in [-0.05, 0) is 27.2 Å². The summed E-state index contributed by atoms with van der Waals surface area (Å²) in [6.45, 7) is 5.51.